The van der Waals surface area contributed by atoms with E-state index in [4.69, 9.17) is 4.74 Å². The minimum atomic E-state index is -4.11. The number of carbonyl (C=O) groups excluding carboxylic acids is 1. The highest BCUT2D eigenvalue weighted by Gasteiger charge is 2.20. The predicted molar refractivity (Wildman–Crippen MR) is 129 cm³/mol. The van der Waals surface area contributed by atoms with E-state index in [0.29, 0.717) is 5.69 Å². The van der Waals surface area contributed by atoms with Crippen LogP contribution in [0.2, 0.25) is 0 Å². The molecule has 12 heteroatoms. The topological polar surface area (TPSA) is 156 Å². The van der Waals surface area contributed by atoms with Crippen molar-refractivity contribution in [2.45, 2.75) is 4.90 Å². The van der Waals surface area contributed by atoms with E-state index in [2.05, 4.69) is 20.2 Å². The molecule has 4 rings (SSSR count). The lowest BCUT2D eigenvalue weighted by Crippen LogP contribution is -2.15. The van der Waals surface area contributed by atoms with Gasteiger partial charge in [-0.15, -0.1) is 0 Å². The standard InChI is InChI=1S/C23H19N5O6S/c1-34-22-11-8-18(28(30)31)14-21(22)27-35(32,33)19-9-4-16(5-10-19)23(29)25-17-6-2-15(3-7-17)20-12-13-24-26-20/h2-14,27H,1H3,(H,24,26)(H,25,29). The molecule has 3 N–H and O–H groups in total. The van der Waals surface area contributed by atoms with E-state index < -0.39 is 20.9 Å². The van der Waals surface area contributed by atoms with Gasteiger partial charge >= 0.3 is 0 Å². The third kappa shape index (κ3) is 5.28. The summed E-state index contributed by atoms with van der Waals surface area (Å²) in [6.45, 7) is 0. The number of rotatable bonds is 8. The van der Waals surface area contributed by atoms with Crippen LogP contribution in [0.15, 0.2) is 83.9 Å². The minimum Gasteiger partial charge on any atom is -0.495 e. The normalized spacial score (nSPS) is 11.0. The minimum absolute atomic E-state index is 0.0814. The van der Waals surface area contributed by atoms with E-state index in [1.54, 1.807) is 18.3 Å². The maximum atomic E-state index is 12.8. The Balaban J connectivity index is 1.47. The number of nitro groups is 1. The molecule has 3 aromatic carbocycles. The molecular weight excluding hydrogens is 474 g/mol. The average Bonchev–Trinajstić information content (AvgIpc) is 3.39. The number of H-pyrrole nitrogens is 1. The number of benzene rings is 3. The lowest BCUT2D eigenvalue weighted by molar-refractivity contribution is -0.384. The zero-order chi connectivity index (χ0) is 25.0. The molecule has 0 saturated heterocycles. The van der Waals surface area contributed by atoms with Crippen LogP contribution in [0.5, 0.6) is 5.75 Å². The first-order valence-electron chi connectivity index (χ1n) is 10.1. The number of hydrogen-bond donors (Lipinski definition) is 3. The molecule has 0 fully saturated rings. The van der Waals surface area contributed by atoms with Crippen molar-refractivity contribution in [3.8, 4) is 17.0 Å². The van der Waals surface area contributed by atoms with Gasteiger partial charge in [0.05, 0.1) is 28.3 Å². The van der Waals surface area contributed by atoms with Crippen LogP contribution < -0.4 is 14.8 Å². The summed E-state index contributed by atoms with van der Waals surface area (Å²) in [6.07, 6.45) is 1.64. The van der Waals surface area contributed by atoms with Crippen molar-refractivity contribution < 1.29 is 22.9 Å². The molecule has 0 atom stereocenters. The Labute approximate surface area is 200 Å². The summed E-state index contributed by atoms with van der Waals surface area (Å²) in [7, 11) is -2.79. The van der Waals surface area contributed by atoms with Crippen molar-refractivity contribution in [3.05, 3.63) is 94.7 Å². The van der Waals surface area contributed by atoms with E-state index in [0.717, 1.165) is 17.3 Å². The van der Waals surface area contributed by atoms with Gasteiger partial charge in [-0.2, -0.15) is 5.10 Å². The zero-order valence-corrected chi connectivity index (χ0v) is 19.1. The third-order valence-electron chi connectivity index (χ3n) is 5.02. The van der Waals surface area contributed by atoms with Crippen molar-refractivity contribution in [2.24, 2.45) is 0 Å². The Bertz CT molecular complexity index is 1470. The van der Waals surface area contributed by atoms with Crippen LogP contribution in [-0.4, -0.2) is 36.6 Å². The molecule has 178 valence electrons. The first-order chi connectivity index (χ1) is 16.8. The number of nitrogens with zero attached hydrogens (tertiary/aromatic N) is 2. The van der Waals surface area contributed by atoms with Crippen molar-refractivity contribution in [2.75, 3.05) is 17.1 Å². The van der Waals surface area contributed by atoms with Gasteiger partial charge in [0.15, 0.2) is 0 Å². The second-order valence-electron chi connectivity index (χ2n) is 7.27. The largest absolute Gasteiger partial charge is 0.495 e. The molecule has 4 aromatic rings. The maximum absolute atomic E-state index is 12.8. The number of nitrogens with one attached hydrogen (secondary N) is 3. The molecule has 0 saturated carbocycles. The summed E-state index contributed by atoms with van der Waals surface area (Å²) in [5, 5.41) is 20.5. The fraction of sp³-hybridized carbons (Fsp3) is 0.0435. The number of amides is 1. The molecule has 1 aromatic heterocycles. The Hall–Kier alpha value is -4.71. The molecule has 1 heterocycles. The molecule has 0 aliphatic heterocycles. The highest BCUT2D eigenvalue weighted by atomic mass is 32.2. The lowest BCUT2D eigenvalue weighted by Gasteiger charge is -2.12. The third-order valence-corrected chi connectivity index (χ3v) is 6.40. The van der Waals surface area contributed by atoms with E-state index in [-0.39, 0.29) is 27.6 Å². The van der Waals surface area contributed by atoms with Crippen LogP contribution in [-0.2, 0) is 10.0 Å². The SMILES string of the molecule is COc1ccc([N+](=O)[O-])cc1NS(=O)(=O)c1ccc(C(=O)Nc2ccc(-c3ccn[nH]3)cc2)cc1. The van der Waals surface area contributed by atoms with Crippen LogP contribution in [0.3, 0.4) is 0 Å². The van der Waals surface area contributed by atoms with Gasteiger partial charge in [-0.05, 0) is 54.1 Å². The van der Waals surface area contributed by atoms with Crippen LogP contribution >= 0.6 is 0 Å². The van der Waals surface area contributed by atoms with Crippen LogP contribution in [0.4, 0.5) is 17.1 Å². The number of hydrogen-bond acceptors (Lipinski definition) is 7. The van der Waals surface area contributed by atoms with Gasteiger partial charge in [0.1, 0.15) is 5.75 Å². The number of aromatic nitrogens is 2. The van der Waals surface area contributed by atoms with Crippen molar-refractivity contribution in [3.63, 3.8) is 0 Å². The van der Waals surface area contributed by atoms with Gasteiger partial charge in [-0.1, -0.05) is 12.1 Å². The number of sulfonamides is 1. The number of methoxy groups -OCH3 is 1. The summed E-state index contributed by atoms with van der Waals surface area (Å²) < 4.78 is 33.0. The highest BCUT2D eigenvalue weighted by Crippen LogP contribution is 2.31. The van der Waals surface area contributed by atoms with Gasteiger partial charge in [0.25, 0.3) is 21.6 Å². The number of anilines is 2. The van der Waals surface area contributed by atoms with Crippen LogP contribution in [0, 0.1) is 10.1 Å². The molecule has 1 amide bonds. The number of ether oxygens (including phenoxy) is 1. The molecule has 0 aliphatic rings. The lowest BCUT2D eigenvalue weighted by atomic mass is 10.1. The summed E-state index contributed by atoms with van der Waals surface area (Å²) >= 11 is 0. The van der Waals surface area contributed by atoms with Gasteiger partial charge in [0, 0.05) is 29.6 Å². The fourth-order valence-electron chi connectivity index (χ4n) is 3.23. The maximum Gasteiger partial charge on any atom is 0.271 e. The first kappa shape index (κ1) is 23.4. The molecule has 0 unspecified atom stereocenters. The second-order valence-corrected chi connectivity index (χ2v) is 8.96. The van der Waals surface area contributed by atoms with Gasteiger partial charge in [-0.3, -0.25) is 24.7 Å². The van der Waals surface area contributed by atoms with Gasteiger partial charge < -0.3 is 10.1 Å². The smallest absolute Gasteiger partial charge is 0.271 e. The average molecular weight is 494 g/mol. The molecular formula is C23H19N5O6S. The Morgan fingerprint density at radius 1 is 1.03 bits per heavy atom. The molecule has 0 radical (unpaired) electrons. The van der Waals surface area contributed by atoms with E-state index >= 15 is 0 Å². The summed E-state index contributed by atoms with van der Waals surface area (Å²) in [5.41, 5.74) is 2.18. The molecule has 35 heavy (non-hydrogen) atoms. The molecule has 0 spiro atoms. The number of non-ortho nitro benzene ring substituents is 1. The fourth-order valence-corrected chi connectivity index (χ4v) is 4.29. The van der Waals surface area contributed by atoms with Gasteiger partial charge in [-0.25, -0.2) is 8.42 Å². The molecule has 11 nitrogen and oxygen atoms in total. The number of aromatic amines is 1. The number of nitro benzene ring substituents is 1. The van der Waals surface area contributed by atoms with Crippen molar-refractivity contribution in [1.29, 1.82) is 0 Å². The van der Waals surface area contributed by atoms with Crippen molar-refractivity contribution in [1.82, 2.24) is 10.2 Å². The summed E-state index contributed by atoms with van der Waals surface area (Å²) in [5.74, 6) is -0.301. The second kappa shape index (κ2) is 9.65. The van der Waals surface area contributed by atoms with Crippen LogP contribution in [0.1, 0.15) is 10.4 Å². The summed E-state index contributed by atoms with van der Waals surface area (Å²) in [6, 6.07) is 17.8. The molecule has 0 bridgehead atoms. The monoisotopic (exact) mass is 493 g/mol. The Morgan fingerprint density at radius 2 is 1.74 bits per heavy atom. The first-order valence-corrected chi connectivity index (χ1v) is 11.6. The Kier molecular flexibility index (Phi) is 6.46. The highest BCUT2D eigenvalue weighted by molar-refractivity contribution is 7.92. The predicted octanol–water partition coefficient (Wildman–Crippen LogP) is 4.05. The zero-order valence-electron chi connectivity index (χ0n) is 18.3. The Morgan fingerprint density at radius 3 is 2.34 bits per heavy atom. The van der Waals surface area contributed by atoms with Crippen molar-refractivity contribution >= 4 is 33.0 Å². The van der Waals surface area contributed by atoms with E-state index in [1.807, 2.05) is 18.2 Å². The van der Waals surface area contributed by atoms with Gasteiger partial charge in [0.2, 0.25) is 0 Å². The number of carbonyl (C=O) groups is 1. The molecule has 0 aliphatic carbocycles. The summed E-state index contributed by atoms with van der Waals surface area (Å²) in [4.78, 5) is 22.9. The van der Waals surface area contributed by atoms with E-state index in [9.17, 15) is 23.3 Å². The van der Waals surface area contributed by atoms with E-state index in [1.165, 1.54) is 43.5 Å². The van der Waals surface area contributed by atoms with Crippen LogP contribution in [0.25, 0.3) is 11.3 Å². The quantitative estimate of drug-likeness (QED) is 0.247.